The molecule has 0 aromatic carbocycles. The van der Waals surface area contributed by atoms with Crippen molar-refractivity contribution in [2.24, 2.45) is 0 Å². The molecule has 2 aliphatic heterocycles. The first-order valence-electron chi connectivity index (χ1n) is 5.59. The van der Waals surface area contributed by atoms with E-state index in [4.69, 9.17) is 0 Å². The number of carbonyl (C=O) groups is 1. The number of nitrogens with one attached hydrogen (secondary N) is 1. The maximum Gasteiger partial charge on any atom is 0.319 e. The molecule has 0 unspecified atom stereocenters. The van der Waals surface area contributed by atoms with Crippen molar-refractivity contribution >= 4 is 6.03 Å². The van der Waals surface area contributed by atoms with Gasteiger partial charge in [-0.3, -0.25) is 4.90 Å². The Labute approximate surface area is 91.0 Å². The van der Waals surface area contributed by atoms with Crippen LogP contribution in [0.2, 0.25) is 0 Å². The van der Waals surface area contributed by atoms with Gasteiger partial charge in [0, 0.05) is 59.4 Å². The van der Waals surface area contributed by atoms with Crippen molar-refractivity contribution in [3.8, 4) is 0 Å². The minimum absolute atomic E-state index is 0.140. The quantitative estimate of drug-likeness (QED) is 0.622. The molecule has 1 N–H and O–H groups in total. The van der Waals surface area contributed by atoms with Gasteiger partial charge in [-0.05, 0) is 0 Å². The molecule has 5 nitrogen and oxygen atoms in total. The molecule has 0 bridgehead atoms. The summed E-state index contributed by atoms with van der Waals surface area (Å²) in [6, 6.07) is 0.850. The first-order valence-corrected chi connectivity index (χ1v) is 5.59. The second-order valence-electron chi connectivity index (χ2n) is 4.51. The van der Waals surface area contributed by atoms with Crippen molar-refractivity contribution in [2.45, 2.75) is 6.04 Å². The fourth-order valence-corrected chi connectivity index (χ4v) is 2.09. The topological polar surface area (TPSA) is 38.8 Å². The fourth-order valence-electron chi connectivity index (χ4n) is 2.09. The SMILES string of the molecule is CN(C)C(=O)N1CCN(C2CNC2)CC1. The number of hydrogen-bond donors (Lipinski definition) is 1. The van der Waals surface area contributed by atoms with Gasteiger partial charge in [0.25, 0.3) is 0 Å². The molecule has 0 spiro atoms. The second kappa shape index (κ2) is 4.37. The van der Waals surface area contributed by atoms with E-state index in [2.05, 4.69) is 10.2 Å². The molecule has 0 aliphatic carbocycles. The molecule has 2 rings (SSSR count). The highest BCUT2D eigenvalue weighted by atomic mass is 16.2. The molecule has 5 heteroatoms. The second-order valence-corrected chi connectivity index (χ2v) is 4.51. The average molecular weight is 212 g/mol. The van der Waals surface area contributed by atoms with E-state index in [1.54, 1.807) is 4.90 Å². The smallest absolute Gasteiger partial charge is 0.319 e. The highest BCUT2D eigenvalue weighted by Crippen LogP contribution is 2.10. The minimum atomic E-state index is 0.140. The van der Waals surface area contributed by atoms with Gasteiger partial charge in [0.15, 0.2) is 0 Å². The third-order valence-electron chi connectivity index (χ3n) is 3.24. The Bertz CT molecular complexity index is 232. The van der Waals surface area contributed by atoms with Crippen LogP contribution in [0.25, 0.3) is 0 Å². The lowest BCUT2D eigenvalue weighted by atomic mass is 10.1. The lowest BCUT2D eigenvalue weighted by molar-refractivity contribution is 0.0775. The van der Waals surface area contributed by atoms with Crippen molar-refractivity contribution in [3.63, 3.8) is 0 Å². The number of rotatable bonds is 1. The summed E-state index contributed by atoms with van der Waals surface area (Å²) in [6.45, 7) is 6.00. The van der Waals surface area contributed by atoms with Crippen LogP contribution in [-0.2, 0) is 0 Å². The van der Waals surface area contributed by atoms with E-state index >= 15 is 0 Å². The average Bonchev–Trinajstić information content (AvgIpc) is 2.15. The van der Waals surface area contributed by atoms with Crippen LogP contribution in [0.3, 0.4) is 0 Å². The summed E-state index contributed by atoms with van der Waals surface area (Å²) in [6.07, 6.45) is 0. The van der Waals surface area contributed by atoms with Gasteiger partial charge in [0.1, 0.15) is 0 Å². The van der Waals surface area contributed by atoms with E-state index in [9.17, 15) is 4.79 Å². The lowest BCUT2D eigenvalue weighted by Crippen LogP contribution is -2.62. The zero-order valence-corrected chi connectivity index (χ0v) is 9.57. The molecule has 0 atom stereocenters. The molecule has 2 saturated heterocycles. The van der Waals surface area contributed by atoms with Gasteiger partial charge < -0.3 is 15.1 Å². The van der Waals surface area contributed by atoms with Crippen LogP contribution in [0.15, 0.2) is 0 Å². The lowest BCUT2D eigenvalue weighted by Gasteiger charge is -2.43. The van der Waals surface area contributed by atoms with Crippen LogP contribution in [-0.4, -0.2) is 80.1 Å². The highest BCUT2D eigenvalue weighted by molar-refractivity contribution is 5.73. The van der Waals surface area contributed by atoms with Crippen LogP contribution < -0.4 is 5.32 Å². The molecule has 0 radical (unpaired) electrons. The van der Waals surface area contributed by atoms with Crippen molar-refractivity contribution in [2.75, 3.05) is 53.4 Å². The molecule has 2 fully saturated rings. The normalized spacial score (nSPS) is 23.7. The van der Waals surface area contributed by atoms with Gasteiger partial charge in [0.2, 0.25) is 0 Å². The van der Waals surface area contributed by atoms with Crippen molar-refractivity contribution < 1.29 is 4.79 Å². The number of piperazine rings is 1. The molecule has 0 aromatic rings. The van der Waals surface area contributed by atoms with Crippen LogP contribution >= 0.6 is 0 Å². The van der Waals surface area contributed by atoms with E-state index in [-0.39, 0.29) is 6.03 Å². The fraction of sp³-hybridized carbons (Fsp3) is 0.900. The summed E-state index contributed by atoms with van der Waals surface area (Å²) in [7, 11) is 3.62. The summed E-state index contributed by atoms with van der Waals surface area (Å²) in [5.41, 5.74) is 0. The van der Waals surface area contributed by atoms with Crippen LogP contribution in [0, 0.1) is 0 Å². The number of hydrogen-bond acceptors (Lipinski definition) is 3. The molecule has 2 amide bonds. The van der Waals surface area contributed by atoms with Gasteiger partial charge >= 0.3 is 6.03 Å². The van der Waals surface area contributed by atoms with Crippen molar-refractivity contribution in [3.05, 3.63) is 0 Å². The maximum atomic E-state index is 11.7. The Morgan fingerprint density at radius 2 is 1.80 bits per heavy atom. The first kappa shape index (κ1) is 10.7. The Kier molecular flexibility index (Phi) is 3.11. The third-order valence-corrected chi connectivity index (χ3v) is 3.24. The molecule has 2 aliphatic rings. The predicted octanol–water partition coefficient (Wildman–Crippen LogP) is -0.743. The van der Waals surface area contributed by atoms with E-state index in [1.165, 1.54) is 0 Å². The zero-order valence-electron chi connectivity index (χ0n) is 9.57. The third kappa shape index (κ3) is 2.23. The van der Waals surface area contributed by atoms with Crippen LogP contribution in [0.1, 0.15) is 0 Å². The van der Waals surface area contributed by atoms with Gasteiger partial charge in [-0.2, -0.15) is 0 Å². The largest absolute Gasteiger partial charge is 0.331 e. The number of nitrogens with zero attached hydrogens (tertiary/aromatic N) is 3. The van der Waals surface area contributed by atoms with Crippen molar-refractivity contribution in [1.82, 2.24) is 20.0 Å². The monoisotopic (exact) mass is 212 g/mol. The summed E-state index contributed by atoms with van der Waals surface area (Å²) in [5.74, 6) is 0. The van der Waals surface area contributed by atoms with E-state index in [0.29, 0.717) is 6.04 Å². The predicted molar refractivity (Wildman–Crippen MR) is 58.9 cm³/mol. The Morgan fingerprint density at radius 3 is 2.20 bits per heavy atom. The Morgan fingerprint density at radius 1 is 1.20 bits per heavy atom. The standard InChI is InChI=1S/C10H20N4O/c1-12(2)10(15)14-5-3-13(4-6-14)9-7-11-8-9/h9,11H,3-8H2,1-2H3. The number of carbonyl (C=O) groups excluding carboxylic acids is 1. The van der Waals surface area contributed by atoms with Gasteiger partial charge in [-0.1, -0.05) is 0 Å². The Hall–Kier alpha value is -0.810. The molecule has 15 heavy (non-hydrogen) atoms. The first-order chi connectivity index (χ1) is 7.18. The van der Waals surface area contributed by atoms with Crippen LogP contribution in [0.4, 0.5) is 4.79 Å². The van der Waals surface area contributed by atoms with Gasteiger partial charge in [-0.15, -0.1) is 0 Å². The van der Waals surface area contributed by atoms with Gasteiger partial charge in [-0.25, -0.2) is 4.79 Å². The minimum Gasteiger partial charge on any atom is -0.331 e. The summed E-state index contributed by atoms with van der Waals surface area (Å²) in [4.78, 5) is 17.7. The Balaban J connectivity index is 1.78. The number of amides is 2. The summed E-state index contributed by atoms with van der Waals surface area (Å²) >= 11 is 0. The summed E-state index contributed by atoms with van der Waals surface area (Å²) < 4.78 is 0. The van der Waals surface area contributed by atoms with E-state index in [1.807, 2.05) is 19.0 Å². The molecular weight excluding hydrogens is 192 g/mol. The zero-order chi connectivity index (χ0) is 10.8. The highest BCUT2D eigenvalue weighted by Gasteiger charge is 2.29. The molecule has 2 heterocycles. The van der Waals surface area contributed by atoms with E-state index in [0.717, 1.165) is 39.3 Å². The molecule has 0 aromatic heterocycles. The molecule has 0 saturated carbocycles. The van der Waals surface area contributed by atoms with Crippen molar-refractivity contribution in [1.29, 1.82) is 0 Å². The van der Waals surface area contributed by atoms with Gasteiger partial charge in [0.05, 0.1) is 0 Å². The van der Waals surface area contributed by atoms with E-state index < -0.39 is 0 Å². The molecule has 86 valence electrons. The summed E-state index contributed by atoms with van der Waals surface area (Å²) in [5, 5.41) is 3.28. The van der Waals surface area contributed by atoms with Crippen LogP contribution in [0.5, 0.6) is 0 Å². The maximum absolute atomic E-state index is 11.7. The molecular formula is C10H20N4O. The number of urea groups is 1.